The van der Waals surface area contributed by atoms with Gasteiger partial charge in [-0.15, -0.1) is 5.10 Å². The lowest BCUT2D eigenvalue weighted by Gasteiger charge is -2.38. The number of ether oxygens (including phenoxy) is 1. The quantitative estimate of drug-likeness (QED) is 0.883. The van der Waals surface area contributed by atoms with Gasteiger partial charge >= 0.3 is 0 Å². The van der Waals surface area contributed by atoms with Gasteiger partial charge in [0, 0.05) is 19.5 Å². The van der Waals surface area contributed by atoms with E-state index in [4.69, 9.17) is 4.74 Å². The molecule has 1 aromatic heterocycles. The molecule has 2 aliphatic rings. The predicted octanol–water partition coefficient (Wildman–Crippen LogP) is 0.780. The Morgan fingerprint density at radius 1 is 1.41 bits per heavy atom. The number of aromatic nitrogens is 2. The standard InChI is InChI=1S/C14H22N4O3S/c1-11-4-5-13(17-16-11)15-12-8-14(21-9-12)6-3-7-18(10-14)22(2,19)20/h4-5,12H,3,6-10H2,1-2H3,(H,15,17)/t12-,14-/m0/s1. The van der Waals surface area contributed by atoms with Crippen LogP contribution in [0.4, 0.5) is 5.82 Å². The molecule has 1 spiro atoms. The maximum absolute atomic E-state index is 11.8. The number of nitrogens with one attached hydrogen (secondary N) is 1. The zero-order valence-electron chi connectivity index (χ0n) is 12.9. The van der Waals surface area contributed by atoms with Crippen LogP contribution < -0.4 is 5.32 Å². The van der Waals surface area contributed by atoms with Gasteiger partial charge in [-0.2, -0.15) is 9.40 Å². The number of hydrogen-bond acceptors (Lipinski definition) is 6. The summed E-state index contributed by atoms with van der Waals surface area (Å²) in [6.45, 7) is 3.49. The van der Waals surface area contributed by atoms with Gasteiger partial charge in [0.05, 0.1) is 30.2 Å². The van der Waals surface area contributed by atoms with Crippen LogP contribution in [0.5, 0.6) is 0 Å². The second-order valence-electron chi connectivity index (χ2n) is 6.30. The molecule has 7 nitrogen and oxygen atoms in total. The average Bonchev–Trinajstić information content (AvgIpc) is 2.83. The van der Waals surface area contributed by atoms with Gasteiger partial charge in [-0.1, -0.05) is 0 Å². The summed E-state index contributed by atoms with van der Waals surface area (Å²) in [5, 5.41) is 11.5. The lowest BCUT2D eigenvalue weighted by molar-refractivity contribution is -0.0328. The Morgan fingerprint density at radius 2 is 2.23 bits per heavy atom. The van der Waals surface area contributed by atoms with Crippen LogP contribution >= 0.6 is 0 Å². The fraction of sp³-hybridized carbons (Fsp3) is 0.714. The highest BCUT2D eigenvalue weighted by Crippen LogP contribution is 2.36. The highest BCUT2D eigenvalue weighted by Gasteiger charge is 2.45. The van der Waals surface area contributed by atoms with Crippen molar-refractivity contribution in [3.63, 3.8) is 0 Å². The molecule has 2 aliphatic heterocycles. The van der Waals surface area contributed by atoms with Crippen molar-refractivity contribution in [2.24, 2.45) is 0 Å². The maximum Gasteiger partial charge on any atom is 0.211 e. The Kier molecular flexibility index (Phi) is 4.09. The minimum atomic E-state index is -3.16. The maximum atomic E-state index is 11.8. The number of piperidine rings is 1. The minimum Gasteiger partial charge on any atom is -0.371 e. The van der Waals surface area contributed by atoms with Crippen molar-refractivity contribution in [1.29, 1.82) is 0 Å². The molecule has 122 valence electrons. The van der Waals surface area contributed by atoms with E-state index in [2.05, 4.69) is 15.5 Å². The molecule has 0 saturated carbocycles. The van der Waals surface area contributed by atoms with Crippen LogP contribution in [0.2, 0.25) is 0 Å². The van der Waals surface area contributed by atoms with Crippen molar-refractivity contribution in [1.82, 2.24) is 14.5 Å². The van der Waals surface area contributed by atoms with E-state index in [1.807, 2.05) is 19.1 Å². The Balaban J connectivity index is 1.65. The van der Waals surface area contributed by atoms with E-state index in [9.17, 15) is 8.42 Å². The molecule has 1 N–H and O–H groups in total. The highest BCUT2D eigenvalue weighted by molar-refractivity contribution is 7.88. The predicted molar refractivity (Wildman–Crippen MR) is 83.1 cm³/mol. The molecule has 22 heavy (non-hydrogen) atoms. The molecule has 2 fully saturated rings. The van der Waals surface area contributed by atoms with Gasteiger partial charge in [-0.3, -0.25) is 0 Å². The molecule has 0 aromatic carbocycles. The van der Waals surface area contributed by atoms with E-state index in [0.717, 1.165) is 30.8 Å². The van der Waals surface area contributed by atoms with Crippen LogP contribution in [-0.4, -0.2) is 60.5 Å². The third-order valence-electron chi connectivity index (χ3n) is 4.33. The number of hydrogen-bond donors (Lipinski definition) is 1. The number of rotatable bonds is 3. The first-order chi connectivity index (χ1) is 10.4. The molecule has 3 rings (SSSR count). The van der Waals surface area contributed by atoms with E-state index in [0.29, 0.717) is 19.7 Å². The van der Waals surface area contributed by atoms with Gasteiger partial charge in [-0.05, 0) is 31.9 Å². The van der Waals surface area contributed by atoms with Gasteiger partial charge < -0.3 is 10.1 Å². The zero-order valence-corrected chi connectivity index (χ0v) is 13.8. The number of anilines is 1. The Bertz CT molecular complexity index is 634. The smallest absolute Gasteiger partial charge is 0.211 e. The molecule has 1 aromatic rings. The second-order valence-corrected chi connectivity index (χ2v) is 8.28. The third kappa shape index (κ3) is 3.39. The summed E-state index contributed by atoms with van der Waals surface area (Å²) >= 11 is 0. The Labute approximate surface area is 131 Å². The first-order valence-corrected chi connectivity index (χ1v) is 9.37. The minimum absolute atomic E-state index is 0.136. The first-order valence-electron chi connectivity index (χ1n) is 7.52. The van der Waals surface area contributed by atoms with E-state index in [1.54, 1.807) is 0 Å². The molecule has 3 heterocycles. The van der Waals surface area contributed by atoms with Gasteiger partial charge in [-0.25, -0.2) is 8.42 Å². The van der Waals surface area contributed by atoms with Gasteiger partial charge in [0.1, 0.15) is 5.82 Å². The highest BCUT2D eigenvalue weighted by atomic mass is 32.2. The SMILES string of the molecule is Cc1ccc(N[C@@H]2CO[C@@]3(CCCN(S(C)(=O)=O)C3)C2)nn1. The molecule has 0 bridgehead atoms. The topological polar surface area (TPSA) is 84.4 Å². The van der Waals surface area contributed by atoms with Gasteiger partial charge in [0.25, 0.3) is 0 Å². The van der Waals surface area contributed by atoms with Crippen molar-refractivity contribution in [3.05, 3.63) is 17.8 Å². The zero-order chi connectivity index (χ0) is 15.8. The summed E-state index contributed by atoms with van der Waals surface area (Å²) < 4.78 is 31.1. The molecule has 0 amide bonds. The summed E-state index contributed by atoms with van der Waals surface area (Å²) in [5.74, 6) is 0.729. The normalized spacial score (nSPS) is 29.8. The van der Waals surface area contributed by atoms with Crippen molar-refractivity contribution < 1.29 is 13.2 Å². The number of sulfonamides is 1. The van der Waals surface area contributed by atoms with Crippen LogP contribution in [0, 0.1) is 6.92 Å². The largest absolute Gasteiger partial charge is 0.371 e. The molecule has 2 saturated heterocycles. The van der Waals surface area contributed by atoms with Crippen molar-refractivity contribution in [3.8, 4) is 0 Å². The molecule has 8 heteroatoms. The molecule has 0 aliphatic carbocycles. The third-order valence-corrected chi connectivity index (χ3v) is 5.58. The molecule has 0 radical (unpaired) electrons. The van der Waals surface area contributed by atoms with Crippen molar-refractivity contribution in [2.75, 3.05) is 31.3 Å². The Morgan fingerprint density at radius 3 is 2.91 bits per heavy atom. The summed E-state index contributed by atoms with van der Waals surface area (Å²) in [7, 11) is -3.16. The van der Waals surface area contributed by atoms with Crippen molar-refractivity contribution >= 4 is 15.8 Å². The van der Waals surface area contributed by atoms with Crippen LogP contribution in [0.25, 0.3) is 0 Å². The average molecular weight is 326 g/mol. The molecular formula is C14H22N4O3S. The lowest BCUT2D eigenvalue weighted by atomic mass is 9.90. The lowest BCUT2D eigenvalue weighted by Crippen LogP contribution is -2.50. The van der Waals surface area contributed by atoms with Gasteiger partial charge in [0.15, 0.2) is 0 Å². The molecule has 0 unspecified atom stereocenters. The number of aryl methyl sites for hydroxylation is 1. The van der Waals surface area contributed by atoms with Crippen LogP contribution in [-0.2, 0) is 14.8 Å². The first kappa shape index (κ1) is 15.6. The van der Waals surface area contributed by atoms with Crippen molar-refractivity contribution in [2.45, 2.75) is 37.8 Å². The van der Waals surface area contributed by atoms with Crippen LogP contribution in [0.1, 0.15) is 25.0 Å². The summed E-state index contributed by atoms with van der Waals surface area (Å²) in [4.78, 5) is 0. The summed E-state index contributed by atoms with van der Waals surface area (Å²) in [6.07, 6.45) is 3.79. The second kappa shape index (κ2) is 5.75. The van der Waals surface area contributed by atoms with Crippen LogP contribution in [0.3, 0.4) is 0 Å². The number of nitrogens with zero attached hydrogens (tertiary/aromatic N) is 3. The van der Waals surface area contributed by atoms with E-state index in [-0.39, 0.29) is 11.6 Å². The summed E-state index contributed by atoms with van der Waals surface area (Å²) in [6, 6.07) is 3.95. The van der Waals surface area contributed by atoms with Gasteiger partial charge in [0.2, 0.25) is 10.0 Å². The Hall–Kier alpha value is -1.25. The van der Waals surface area contributed by atoms with Crippen LogP contribution in [0.15, 0.2) is 12.1 Å². The van der Waals surface area contributed by atoms with E-state index < -0.39 is 10.0 Å². The summed E-state index contributed by atoms with van der Waals surface area (Å²) in [5.41, 5.74) is 0.512. The molecular weight excluding hydrogens is 304 g/mol. The van der Waals surface area contributed by atoms with E-state index in [1.165, 1.54) is 10.6 Å². The fourth-order valence-corrected chi connectivity index (χ4v) is 4.18. The fourth-order valence-electron chi connectivity index (χ4n) is 3.25. The van der Waals surface area contributed by atoms with E-state index >= 15 is 0 Å². The monoisotopic (exact) mass is 326 g/mol. The molecule has 2 atom stereocenters.